The monoisotopic (exact) mass is 472 g/mol. The van der Waals surface area contributed by atoms with Crippen molar-refractivity contribution in [3.63, 3.8) is 0 Å². The Bertz CT molecular complexity index is 1290. The standard InChI is InChI=1S/C23H25ClN4O5/c1-31-18-7-5-15(11-17(18)24)28-21-16(22(29)26-23(28)30)12-27(13-25-21)9-8-14-4-6-19(32-2)20(10-14)33-3/h4-7,10-11,25H,8-9,12-13H2,1-3H3,(H,26,29,30). The number of fused-ring (bicyclic) bond motifs is 1. The van der Waals surface area contributed by atoms with E-state index in [9.17, 15) is 9.59 Å². The highest BCUT2D eigenvalue weighted by Crippen LogP contribution is 2.29. The van der Waals surface area contributed by atoms with Gasteiger partial charge in [-0.3, -0.25) is 14.7 Å². The van der Waals surface area contributed by atoms with Crippen molar-refractivity contribution in [3.8, 4) is 22.9 Å². The van der Waals surface area contributed by atoms with Crippen molar-refractivity contribution in [3.05, 3.63) is 73.4 Å². The van der Waals surface area contributed by atoms with Crippen molar-refractivity contribution in [2.24, 2.45) is 0 Å². The van der Waals surface area contributed by atoms with Gasteiger partial charge in [0.05, 0.1) is 44.3 Å². The van der Waals surface area contributed by atoms with E-state index < -0.39 is 11.2 Å². The average molecular weight is 473 g/mol. The molecule has 9 nitrogen and oxygen atoms in total. The van der Waals surface area contributed by atoms with Gasteiger partial charge in [0.2, 0.25) is 0 Å². The van der Waals surface area contributed by atoms with Crippen LogP contribution in [0.1, 0.15) is 11.1 Å². The van der Waals surface area contributed by atoms with Crippen LogP contribution in [0.4, 0.5) is 5.82 Å². The van der Waals surface area contributed by atoms with Gasteiger partial charge in [0.25, 0.3) is 5.56 Å². The molecule has 174 valence electrons. The second kappa shape index (κ2) is 9.60. The predicted octanol–water partition coefficient (Wildman–Crippen LogP) is 2.63. The number of halogens is 1. The molecule has 0 amide bonds. The fourth-order valence-electron chi connectivity index (χ4n) is 3.89. The number of nitrogens with zero attached hydrogens (tertiary/aromatic N) is 2. The minimum atomic E-state index is -0.536. The molecule has 0 fully saturated rings. The van der Waals surface area contributed by atoms with E-state index in [-0.39, 0.29) is 0 Å². The summed E-state index contributed by atoms with van der Waals surface area (Å²) in [6.07, 6.45) is 0.753. The molecular formula is C23H25ClN4O5. The number of nitrogens with one attached hydrogen (secondary N) is 2. The maximum atomic E-state index is 12.6. The van der Waals surface area contributed by atoms with E-state index in [0.717, 1.165) is 12.0 Å². The number of rotatable bonds is 7. The fourth-order valence-corrected chi connectivity index (χ4v) is 4.15. The Labute approximate surface area is 195 Å². The summed E-state index contributed by atoms with van der Waals surface area (Å²) >= 11 is 6.25. The van der Waals surface area contributed by atoms with Crippen LogP contribution in [-0.2, 0) is 13.0 Å². The SMILES string of the molecule is COc1ccc(-n2c3c(c(=O)[nH]c2=O)CN(CCc2ccc(OC)c(OC)c2)CN3)cc1Cl. The van der Waals surface area contributed by atoms with E-state index >= 15 is 0 Å². The van der Waals surface area contributed by atoms with Gasteiger partial charge in [-0.2, -0.15) is 0 Å². The smallest absolute Gasteiger partial charge is 0.334 e. The van der Waals surface area contributed by atoms with E-state index in [1.165, 1.54) is 11.7 Å². The summed E-state index contributed by atoms with van der Waals surface area (Å²) in [4.78, 5) is 29.8. The minimum Gasteiger partial charge on any atom is -0.495 e. The van der Waals surface area contributed by atoms with Crippen LogP contribution in [0.2, 0.25) is 5.02 Å². The minimum absolute atomic E-state index is 0.370. The Hall–Kier alpha value is -3.43. The summed E-state index contributed by atoms with van der Waals surface area (Å²) < 4.78 is 17.3. The van der Waals surface area contributed by atoms with Crippen LogP contribution in [0.3, 0.4) is 0 Å². The lowest BCUT2D eigenvalue weighted by Gasteiger charge is -2.30. The van der Waals surface area contributed by atoms with Crippen LogP contribution in [0, 0.1) is 0 Å². The predicted molar refractivity (Wildman–Crippen MR) is 126 cm³/mol. The molecular weight excluding hydrogens is 448 g/mol. The molecule has 0 bridgehead atoms. The van der Waals surface area contributed by atoms with Crippen LogP contribution < -0.4 is 30.8 Å². The van der Waals surface area contributed by atoms with Gasteiger partial charge in [0.1, 0.15) is 11.6 Å². The van der Waals surface area contributed by atoms with E-state index in [4.69, 9.17) is 25.8 Å². The largest absolute Gasteiger partial charge is 0.495 e. The van der Waals surface area contributed by atoms with Crippen LogP contribution >= 0.6 is 11.6 Å². The molecule has 3 aromatic rings. The second-order valence-electron chi connectivity index (χ2n) is 7.57. The lowest BCUT2D eigenvalue weighted by Crippen LogP contribution is -2.43. The van der Waals surface area contributed by atoms with E-state index in [1.807, 2.05) is 18.2 Å². The summed E-state index contributed by atoms with van der Waals surface area (Å²) in [5.41, 5.74) is 1.16. The Kier molecular flexibility index (Phi) is 6.62. The van der Waals surface area contributed by atoms with Gasteiger partial charge in [-0.1, -0.05) is 17.7 Å². The maximum absolute atomic E-state index is 12.6. The van der Waals surface area contributed by atoms with Crippen molar-refractivity contribution in [2.75, 3.05) is 39.9 Å². The zero-order valence-electron chi connectivity index (χ0n) is 18.6. The van der Waals surface area contributed by atoms with Crippen molar-refractivity contribution < 1.29 is 14.2 Å². The van der Waals surface area contributed by atoms with Crippen molar-refractivity contribution in [2.45, 2.75) is 13.0 Å². The molecule has 0 spiro atoms. The third-order valence-electron chi connectivity index (χ3n) is 5.62. The normalized spacial score (nSPS) is 13.2. The van der Waals surface area contributed by atoms with Crippen molar-refractivity contribution in [1.82, 2.24) is 14.5 Å². The summed E-state index contributed by atoms with van der Waals surface area (Å²) in [6.45, 7) is 1.58. The quantitative estimate of drug-likeness (QED) is 0.545. The number of ether oxygens (including phenoxy) is 3. The molecule has 2 heterocycles. The molecule has 10 heteroatoms. The van der Waals surface area contributed by atoms with E-state index in [2.05, 4.69) is 15.2 Å². The number of aromatic nitrogens is 2. The molecule has 1 aliphatic rings. The first-order valence-corrected chi connectivity index (χ1v) is 10.7. The zero-order valence-corrected chi connectivity index (χ0v) is 19.4. The summed E-state index contributed by atoms with van der Waals surface area (Å²) in [7, 11) is 4.73. The number of aromatic amines is 1. The highest BCUT2D eigenvalue weighted by atomic mass is 35.5. The Morgan fingerprint density at radius 1 is 0.970 bits per heavy atom. The molecule has 0 saturated carbocycles. The molecule has 4 rings (SSSR count). The first kappa shape index (κ1) is 22.8. The topological polar surface area (TPSA) is 97.8 Å². The molecule has 2 aromatic carbocycles. The fraction of sp³-hybridized carbons (Fsp3) is 0.304. The number of benzene rings is 2. The zero-order chi connectivity index (χ0) is 23.5. The lowest BCUT2D eigenvalue weighted by molar-refractivity contribution is 0.275. The van der Waals surface area contributed by atoms with Gasteiger partial charge in [-0.15, -0.1) is 0 Å². The molecule has 0 atom stereocenters. The van der Waals surface area contributed by atoms with Gasteiger partial charge in [-0.25, -0.2) is 9.36 Å². The summed E-state index contributed by atoms with van der Waals surface area (Å²) in [5, 5.41) is 3.61. The van der Waals surface area contributed by atoms with Gasteiger partial charge in [0, 0.05) is 13.1 Å². The third kappa shape index (κ3) is 4.55. The highest BCUT2D eigenvalue weighted by Gasteiger charge is 2.23. The molecule has 1 aliphatic heterocycles. The van der Waals surface area contributed by atoms with Crippen molar-refractivity contribution in [1.29, 1.82) is 0 Å². The lowest BCUT2D eigenvalue weighted by atomic mass is 10.1. The molecule has 1 aromatic heterocycles. The number of methoxy groups -OCH3 is 3. The summed E-state index contributed by atoms with van der Waals surface area (Å²) in [6, 6.07) is 10.8. The second-order valence-corrected chi connectivity index (χ2v) is 7.97. The molecule has 2 N–H and O–H groups in total. The molecule has 0 radical (unpaired) electrons. The van der Waals surface area contributed by atoms with E-state index in [0.29, 0.717) is 59.1 Å². The highest BCUT2D eigenvalue weighted by molar-refractivity contribution is 6.32. The van der Waals surface area contributed by atoms with Crippen LogP contribution in [0.15, 0.2) is 46.0 Å². The van der Waals surface area contributed by atoms with Gasteiger partial charge in [0.15, 0.2) is 11.5 Å². The summed E-state index contributed by atoms with van der Waals surface area (Å²) in [5.74, 6) is 2.32. The van der Waals surface area contributed by atoms with Gasteiger partial charge < -0.3 is 19.5 Å². The molecule has 33 heavy (non-hydrogen) atoms. The average Bonchev–Trinajstić information content (AvgIpc) is 2.82. The maximum Gasteiger partial charge on any atom is 0.334 e. The van der Waals surface area contributed by atoms with Gasteiger partial charge >= 0.3 is 5.69 Å². The van der Waals surface area contributed by atoms with Crippen molar-refractivity contribution >= 4 is 17.4 Å². The Morgan fingerprint density at radius 3 is 2.39 bits per heavy atom. The Balaban J connectivity index is 1.57. The third-order valence-corrected chi connectivity index (χ3v) is 5.91. The number of hydrogen-bond donors (Lipinski definition) is 2. The van der Waals surface area contributed by atoms with Gasteiger partial charge in [-0.05, 0) is 42.3 Å². The molecule has 0 unspecified atom stereocenters. The van der Waals surface area contributed by atoms with Crippen LogP contribution in [-0.4, -0.2) is 49.0 Å². The number of anilines is 1. The number of H-pyrrole nitrogens is 1. The number of hydrogen-bond acceptors (Lipinski definition) is 7. The van der Waals surface area contributed by atoms with Crippen LogP contribution in [0.25, 0.3) is 5.69 Å². The first-order valence-electron chi connectivity index (χ1n) is 10.3. The Morgan fingerprint density at radius 2 is 1.70 bits per heavy atom. The molecule has 0 saturated heterocycles. The van der Waals surface area contributed by atoms with E-state index in [1.54, 1.807) is 32.4 Å². The first-order chi connectivity index (χ1) is 15.9. The van der Waals surface area contributed by atoms with Crippen LogP contribution in [0.5, 0.6) is 17.2 Å². The molecule has 0 aliphatic carbocycles.